The number of rotatable bonds is 7. The number of carbonyl (C=O) groups is 5. The van der Waals surface area contributed by atoms with Crippen LogP contribution in [0, 0.1) is 16.7 Å². The van der Waals surface area contributed by atoms with Crippen molar-refractivity contribution in [2.75, 3.05) is 14.2 Å². The Morgan fingerprint density at radius 3 is 2.13 bits per heavy atom. The highest BCUT2D eigenvalue weighted by atomic mass is 16.7. The summed E-state index contributed by atoms with van der Waals surface area (Å²) >= 11 is 0. The van der Waals surface area contributed by atoms with E-state index < -0.39 is 114 Å². The van der Waals surface area contributed by atoms with Crippen molar-refractivity contribution in [1.29, 1.82) is 0 Å². The first kappa shape index (κ1) is 49.9. The lowest BCUT2D eigenvalue weighted by Gasteiger charge is -2.54. The summed E-state index contributed by atoms with van der Waals surface area (Å²) < 4.78 is 46.5. The molecule has 0 radical (unpaired) electrons. The molecule has 17 nitrogen and oxygen atoms in total. The fourth-order valence-electron chi connectivity index (χ4n) is 8.45. The fraction of sp³-hybridized carbons (Fsp3) is 0.750. The van der Waals surface area contributed by atoms with E-state index in [2.05, 4.69) is 0 Å². The van der Waals surface area contributed by atoms with Crippen LogP contribution in [0.2, 0.25) is 0 Å². The highest BCUT2D eigenvalue weighted by molar-refractivity contribution is 5.83. The molecule has 6 bridgehead atoms. The molecule has 0 spiro atoms. The number of fused-ring (bicyclic) bond motifs is 6. The quantitative estimate of drug-likeness (QED) is 0.124. The summed E-state index contributed by atoms with van der Waals surface area (Å²) in [4.78, 5) is 64.3. The second kappa shape index (κ2) is 20.2. The molecule has 4 heterocycles. The van der Waals surface area contributed by atoms with Gasteiger partial charge in [-0.2, -0.15) is 0 Å². The number of carbonyl (C=O) groups excluding carboxylic acids is 5. The molecule has 11 unspecified atom stereocenters. The van der Waals surface area contributed by atoms with E-state index in [9.17, 15) is 44.4 Å². The minimum absolute atomic E-state index is 0.00726. The van der Waals surface area contributed by atoms with E-state index in [-0.39, 0.29) is 62.9 Å². The van der Waals surface area contributed by atoms with Crippen LogP contribution in [0.5, 0.6) is 0 Å². The van der Waals surface area contributed by atoms with E-state index >= 15 is 0 Å². The van der Waals surface area contributed by atoms with Crippen LogP contribution in [0.4, 0.5) is 0 Å². The summed E-state index contributed by atoms with van der Waals surface area (Å²) in [5.74, 6) is -8.04. The Morgan fingerprint density at radius 2 is 1.52 bits per heavy atom. The number of cyclic esters (lactones) is 1. The van der Waals surface area contributed by atoms with E-state index in [1.54, 1.807) is 39.8 Å². The Balaban J connectivity index is 1.87. The molecule has 3 fully saturated rings. The molecular weight excluding hydrogens is 800 g/mol. The zero-order valence-electron chi connectivity index (χ0n) is 37.0. The zero-order valence-corrected chi connectivity index (χ0v) is 37.0. The van der Waals surface area contributed by atoms with E-state index in [1.165, 1.54) is 20.1 Å². The zero-order chi connectivity index (χ0) is 45.7. The van der Waals surface area contributed by atoms with Gasteiger partial charge in [-0.1, -0.05) is 59.3 Å². The van der Waals surface area contributed by atoms with Crippen LogP contribution in [-0.4, -0.2) is 131 Å². The van der Waals surface area contributed by atoms with Gasteiger partial charge in [-0.15, -0.1) is 0 Å². The molecular formula is C44H66O17. The van der Waals surface area contributed by atoms with Crippen LogP contribution in [0.15, 0.2) is 35.5 Å². The maximum Gasteiger partial charge on any atom is 0.330 e. The molecule has 0 aromatic rings. The Hall–Kier alpha value is -3.71. The number of aliphatic hydroxyl groups excluding tert-OH is 2. The van der Waals surface area contributed by atoms with Gasteiger partial charge in [0.15, 0.2) is 11.9 Å². The van der Waals surface area contributed by atoms with E-state index in [1.807, 2.05) is 13.8 Å². The molecule has 61 heavy (non-hydrogen) atoms. The molecule has 344 valence electrons. The lowest BCUT2D eigenvalue weighted by atomic mass is 9.70. The van der Waals surface area contributed by atoms with Crippen LogP contribution < -0.4 is 0 Å². The predicted molar refractivity (Wildman–Crippen MR) is 215 cm³/mol. The largest absolute Gasteiger partial charge is 0.466 e. The Kier molecular flexibility index (Phi) is 16.5. The summed E-state index contributed by atoms with van der Waals surface area (Å²) in [6, 6.07) is 0. The smallest absolute Gasteiger partial charge is 0.330 e. The third-order valence-corrected chi connectivity index (χ3v) is 12.0. The third-order valence-electron chi connectivity index (χ3n) is 12.0. The summed E-state index contributed by atoms with van der Waals surface area (Å²) in [5, 5.41) is 47.4. The molecule has 0 saturated carbocycles. The van der Waals surface area contributed by atoms with Crippen molar-refractivity contribution in [1.82, 2.24) is 0 Å². The summed E-state index contributed by atoms with van der Waals surface area (Å²) in [6.45, 7) is 12.9. The fourth-order valence-corrected chi connectivity index (χ4v) is 8.45. The number of hydrogen-bond donors (Lipinski definition) is 4. The normalized spacial score (nSPS) is 36.8. The van der Waals surface area contributed by atoms with Crippen LogP contribution in [0.3, 0.4) is 0 Å². The number of aliphatic hydroxyl groups is 4. The molecule has 4 aliphatic rings. The molecule has 3 saturated heterocycles. The van der Waals surface area contributed by atoms with Gasteiger partial charge < -0.3 is 58.3 Å². The number of methoxy groups -OCH3 is 2. The minimum Gasteiger partial charge on any atom is -0.466 e. The van der Waals surface area contributed by atoms with E-state index in [0.29, 0.717) is 5.57 Å². The molecule has 4 N–H and O–H groups in total. The second-order valence-corrected chi connectivity index (χ2v) is 18.3. The van der Waals surface area contributed by atoms with Crippen molar-refractivity contribution >= 4 is 29.8 Å². The highest BCUT2D eigenvalue weighted by Crippen LogP contribution is 2.50. The van der Waals surface area contributed by atoms with E-state index in [0.717, 1.165) is 20.1 Å². The van der Waals surface area contributed by atoms with Crippen molar-refractivity contribution in [2.45, 2.75) is 180 Å². The SMILES string of the molecule is COC(=O)/C=C1\CC2/C=C\C(C)(C)C3(O)OC(C/C(=C/C(=O)OC)C3OC(C)=O)CC(C(C)O)OC(=O)CC(O)CC3CC(OC(=O)CC(C)C)C(C)(C)C(O)(CC(C1)O2)O3. The monoisotopic (exact) mass is 866 g/mol. The Morgan fingerprint density at radius 1 is 0.869 bits per heavy atom. The molecule has 17 heteroatoms. The number of hydrogen-bond acceptors (Lipinski definition) is 17. The summed E-state index contributed by atoms with van der Waals surface area (Å²) in [6.07, 6.45) is -4.92. The van der Waals surface area contributed by atoms with E-state index in [4.69, 9.17) is 37.9 Å². The van der Waals surface area contributed by atoms with Gasteiger partial charge in [0.2, 0.25) is 5.79 Å². The lowest BCUT2D eigenvalue weighted by molar-refractivity contribution is -0.349. The summed E-state index contributed by atoms with van der Waals surface area (Å²) in [7, 11) is 2.40. The number of esters is 5. The molecule has 0 amide bonds. The molecule has 0 aromatic carbocycles. The Bertz CT molecular complexity index is 1700. The molecule has 4 rings (SSSR count). The molecule has 0 aromatic heterocycles. The van der Waals surface area contributed by atoms with Gasteiger partial charge in [-0.25, -0.2) is 9.59 Å². The van der Waals surface area contributed by atoms with Gasteiger partial charge in [0.1, 0.15) is 12.2 Å². The topological polar surface area (TPSA) is 240 Å². The highest BCUT2D eigenvalue weighted by Gasteiger charge is 2.59. The third kappa shape index (κ3) is 12.5. The van der Waals surface area contributed by atoms with Crippen molar-refractivity contribution in [3.63, 3.8) is 0 Å². The second-order valence-electron chi connectivity index (χ2n) is 18.3. The maximum atomic E-state index is 13.4. The van der Waals surface area contributed by atoms with Crippen LogP contribution in [0.1, 0.15) is 113 Å². The molecule has 0 aliphatic carbocycles. The minimum atomic E-state index is -2.41. The first-order chi connectivity index (χ1) is 28.3. The Labute approximate surface area is 357 Å². The van der Waals surface area contributed by atoms with Gasteiger partial charge in [0.05, 0.1) is 62.7 Å². The standard InChI is InChI=1S/C44H66O17/c1-24(2)13-38(50)59-35-22-32-19-29(47)20-39(51)58-34(25(3)45)21-31-17-28(18-37(49)55-10)40(56-26(4)46)44(53,61-31)41(5,6)12-11-30-14-27(16-36(48)54-9)15-33(57-30)23-43(52,60-32)42(35,7)8/h11-12,16,18,24-25,29-35,40,45,47,52-53H,13-15,17,19-23H2,1-10H3/b12-11-,27-16+,28-18-. The first-order valence-electron chi connectivity index (χ1n) is 20.9. The lowest BCUT2D eigenvalue weighted by Crippen LogP contribution is -2.62. The van der Waals surface area contributed by atoms with Crippen LogP contribution in [0.25, 0.3) is 0 Å². The number of ether oxygens (including phenoxy) is 8. The molecule has 11 atom stereocenters. The average molecular weight is 867 g/mol. The van der Waals surface area contributed by atoms with Gasteiger partial charge in [-0.3, -0.25) is 14.4 Å². The van der Waals surface area contributed by atoms with Gasteiger partial charge in [-0.05, 0) is 37.7 Å². The van der Waals surface area contributed by atoms with Crippen molar-refractivity contribution in [2.24, 2.45) is 16.7 Å². The first-order valence-corrected chi connectivity index (χ1v) is 20.9. The summed E-state index contributed by atoms with van der Waals surface area (Å²) in [5.41, 5.74) is -1.98. The van der Waals surface area contributed by atoms with Gasteiger partial charge in [0, 0.05) is 56.6 Å². The molecule has 4 aliphatic heterocycles. The van der Waals surface area contributed by atoms with Crippen molar-refractivity contribution < 1.29 is 82.3 Å². The maximum absolute atomic E-state index is 13.4. The van der Waals surface area contributed by atoms with Crippen LogP contribution in [-0.2, 0) is 61.9 Å². The van der Waals surface area contributed by atoms with Gasteiger partial charge in [0.25, 0.3) is 0 Å². The van der Waals surface area contributed by atoms with Gasteiger partial charge >= 0.3 is 29.8 Å². The van der Waals surface area contributed by atoms with Crippen molar-refractivity contribution in [3.05, 3.63) is 35.5 Å². The predicted octanol–water partition coefficient (Wildman–Crippen LogP) is 3.41. The average Bonchev–Trinajstić information content (AvgIpc) is 3.13. The van der Waals surface area contributed by atoms with Crippen molar-refractivity contribution in [3.8, 4) is 0 Å². The van der Waals surface area contributed by atoms with Crippen LogP contribution >= 0.6 is 0 Å².